The van der Waals surface area contributed by atoms with Gasteiger partial charge in [0.1, 0.15) is 12.4 Å². The fourth-order valence-corrected chi connectivity index (χ4v) is 6.80. The lowest BCUT2D eigenvalue weighted by atomic mass is 9.95. The predicted molar refractivity (Wildman–Crippen MR) is 184 cm³/mol. The molecule has 8 nitrogen and oxygen atoms in total. The van der Waals surface area contributed by atoms with Crippen LogP contribution in [0, 0.1) is 3.57 Å². The number of benzene rings is 3. The first-order valence-corrected chi connectivity index (χ1v) is 16.6. The molecule has 1 aromatic heterocycles. The molecule has 1 aliphatic heterocycles. The van der Waals surface area contributed by atoms with Crippen molar-refractivity contribution in [3.8, 4) is 17.2 Å². The van der Waals surface area contributed by atoms with E-state index in [2.05, 4.69) is 27.6 Å². The van der Waals surface area contributed by atoms with E-state index in [1.54, 1.807) is 37.7 Å². The molecule has 2 heterocycles. The summed E-state index contributed by atoms with van der Waals surface area (Å²) >= 11 is 9.48. The SMILES string of the molecule is CCOC(=O)C1=C(C)N=c2s/c(=C\c3ccc(OCc4ccc(Cl)cc4)c(I)c3)c(=O)n2[C@H]1c1ccc(OC(C)C)c(OC)c1. The summed E-state index contributed by atoms with van der Waals surface area (Å²) < 4.78 is 25.9. The molecule has 0 saturated heterocycles. The van der Waals surface area contributed by atoms with Gasteiger partial charge in [-0.1, -0.05) is 47.2 Å². The Morgan fingerprint density at radius 3 is 2.49 bits per heavy atom. The normalized spacial score (nSPS) is 14.7. The van der Waals surface area contributed by atoms with Gasteiger partial charge in [-0.25, -0.2) is 9.79 Å². The zero-order chi connectivity index (χ0) is 32.2. The third-order valence-electron chi connectivity index (χ3n) is 6.94. The van der Waals surface area contributed by atoms with Crippen LogP contribution in [0.15, 0.2) is 81.7 Å². The van der Waals surface area contributed by atoms with Crippen molar-refractivity contribution in [2.75, 3.05) is 13.7 Å². The molecule has 0 fully saturated rings. The number of fused-ring (bicyclic) bond motifs is 1. The highest BCUT2D eigenvalue weighted by atomic mass is 127. The number of halogens is 2. The largest absolute Gasteiger partial charge is 0.493 e. The molecule has 0 bridgehead atoms. The average molecular weight is 759 g/mol. The molecule has 234 valence electrons. The van der Waals surface area contributed by atoms with Gasteiger partial charge in [0.25, 0.3) is 5.56 Å². The minimum absolute atomic E-state index is 0.0631. The number of esters is 1. The first kappa shape index (κ1) is 32.8. The Kier molecular flexibility index (Phi) is 10.4. The van der Waals surface area contributed by atoms with Crippen LogP contribution in [0.4, 0.5) is 0 Å². The Bertz CT molecular complexity index is 1950. The predicted octanol–water partition coefficient (Wildman–Crippen LogP) is 6.43. The van der Waals surface area contributed by atoms with E-state index in [1.807, 2.05) is 68.5 Å². The van der Waals surface area contributed by atoms with Gasteiger partial charge in [0, 0.05) is 5.02 Å². The first-order chi connectivity index (χ1) is 21.6. The van der Waals surface area contributed by atoms with Gasteiger partial charge >= 0.3 is 5.97 Å². The van der Waals surface area contributed by atoms with Crippen LogP contribution >= 0.6 is 45.5 Å². The standard InChI is InChI=1S/C34H32ClIN2O6S/c1-6-42-33(40)30-20(4)37-34-38(31(30)23-10-14-27(44-19(2)3)28(17-23)41-5)32(39)29(45-34)16-22-9-13-26(25(36)15-22)43-18-21-7-11-24(35)12-8-21/h7-17,19,31H,6,18H2,1-5H3/b29-16-/t31-/m0/s1. The van der Waals surface area contributed by atoms with Gasteiger partial charge in [0.05, 0.1) is 45.2 Å². The van der Waals surface area contributed by atoms with Crippen LogP contribution < -0.4 is 29.1 Å². The van der Waals surface area contributed by atoms with Crippen LogP contribution in [0.5, 0.6) is 17.2 Å². The zero-order valence-electron chi connectivity index (χ0n) is 25.4. The number of hydrogen-bond acceptors (Lipinski definition) is 8. The molecule has 0 spiro atoms. The summed E-state index contributed by atoms with van der Waals surface area (Å²) in [5.41, 5.74) is 3.03. The van der Waals surface area contributed by atoms with Crippen molar-refractivity contribution in [2.45, 2.75) is 46.4 Å². The number of nitrogens with zero attached hydrogens (tertiary/aromatic N) is 2. The lowest BCUT2D eigenvalue weighted by molar-refractivity contribution is -0.139. The maximum Gasteiger partial charge on any atom is 0.338 e. The second-order valence-electron chi connectivity index (χ2n) is 10.5. The van der Waals surface area contributed by atoms with Gasteiger partial charge < -0.3 is 18.9 Å². The monoisotopic (exact) mass is 758 g/mol. The van der Waals surface area contributed by atoms with Gasteiger partial charge in [-0.15, -0.1) is 0 Å². The summed E-state index contributed by atoms with van der Waals surface area (Å²) in [6.07, 6.45) is 1.77. The molecule has 11 heteroatoms. The highest BCUT2D eigenvalue weighted by molar-refractivity contribution is 14.1. The van der Waals surface area contributed by atoms with E-state index in [9.17, 15) is 9.59 Å². The molecule has 0 radical (unpaired) electrons. The molecule has 0 aliphatic carbocycles. The third kappa shape index (κ3) is 7.29. The van der Waals surface area contributed by atoms with Crippen LogP contribution in [0.1, 0.15) is 50.4 Å². The van der Waals surface area contributed by atoms with E-state index in [0.29, 0.717) is 49.3 Å². The smallest absolute Gasteiger partial charge is 0.338 e. The summed E-state index contributed by atoms with van der Waals surface area (Å²) in [5, 5.41) is 0.676. The Balaban J connectivity index is 1.54. The molecule has 5 rings (SSSR count). The maximum atomic E-state index is 14.1. The number of thiazole rings is 1. The molecule has 1 atom stereocenters. The van der Waals surface area contributed by atoms with E-state index in [0.717, 1.165) is 20.4 Å². The number of carbonyl (C=O) groups excluding carboxylic acids is 1. The molecule has 0 amide bonds. The van der Waals surface area contributed by atoms with E-state index >= 15 is 0 Å². The average Bonchev–Trinajstić information content (AvgIpc) is 3.30. The molecule has 1 aliphatic rings. The van der Waals surface area contributed by atoms with Crippen molar-refractivity contribution in [1.29, 1.82) is 0 Å². The van der Waals surface area contributed by atoms with Crippen molar-refractivity contribution >= 4 is 57.6 Å². The summed E-state index contributed by atoms with van der Waals surface area (Å²) in [6.45, 7) is 7.96. The first-order valence-electron chi connectivity index (χ1n) is 14.3. The summed E-state index contributed by atoms with van der Waals surface area (Å²) in [6, 6.07) is 17.9. The van der Waals surface area contributed by atoms with Crippen LogP contribution in [-0.2, 0) is 16.1 Å². The number of hydrogen-bond donors (Lipinski definition) is 0. The van der Waals surface area contributed by atoms with Crippen molar-refractivity contribution in [1.82, 2.24) is 4.57 Å². The number of carbonyl (C=O) groups is 1. The van der Waals surface area contributed by atoms with Gasteiger partial charge in [-0.05, 0) is 109 Å². The number of rotatable bonds is 10. The van der Waals surface area contributed by atoms with E-state index < -0.39 is 12.0 Å². The second-order valence-corrected chi connectivity index (χ2v) is 13.1. The highest BCUT2D eigenvalue weighted by Gasteiger charge is 2.34. The van der Waals surface area contributed by atoms with Crippen LogP contribution in [0.2, 0.25) is 5.02 Å². The zero-order valence-corrected chi connectivity index (χ0v) is 29.2. The molecular weight excluding hydrogens is 727 g/mol. The quantitative estimate of drug-likeness (QED) is 0.137. The lowest BCUT2D eigenvalue weighted by Crippen LogP contribution is -2.40. The number of ether oxygens (including phenoxy) is 4. The third-order valence-corrected chi connectivity index (χ3v) is 9.02. The number of allylic oxidation sites excluding steroid dienone is 1. The van der Waals surface area contributed by atoms with Gasteiger partial charge in [0.2, 0.25) is 0 Å². The Labute approximate surface area is 283 Å². The fraction of sp³-hybridized carbons (Fsp3) is 0.265. The van der Waals surface area contributed by atoms with Crippen molar-refractivity contribution in [3.05, 3.63) is 117 Å². The van der Waals surface area contributed by atoms with Crippen molar-refractivity contribution in [2.24, 2.45) is 4.99 Å². The Hall–Kier alpha value is -3.61. The summed E-state index contributed by atoms with van der Waals surface area (Å²) in [4.78, 5) is 32.5. The van der Waals surface area contributed by atoms with Gasteiger partial charge in [-0.2, -0.15) is 0 Å². The molecule has 0 unspecified atom stereocenters. The van der Waals surface area contributed by atoms with Crippen LogP contribution in [-0.4, -0.2) is 30.4 Å². The molecule has 0 saturated carbocycles. The van der Waals surface area contributed by atoms with Crippen molar-refractivity contribution < 1.29 is 23.7 Å². The highest BCUT2D eigenvalue weighted by Crippen LogP contribution is 2.36. The Morgan fingerprint density at radius 1 is 1.09 bits per heavy atom. The molecule has 45 heavy (non-hydrogen) atoms. The molecule has 4 aromatic rings. The van der Waals surface area contributed by atoms with Gasteiger partial charge in [0.15, 0.2) is 16.3 Å². The second kappa shape index (κ2) is 14.2. The van der Waals surface area contributed by atoms with E-state index in [1.165, 1.54) is 11.3 Å². The minimum atomic E-state index is -0.770. The molecular formula is C34H32ClIN2O6S. The summed E-state index contributed by atoms with van der Waals surface area (Å²) in [7, 11) is 1.56. The van der Waals surface area contributed by atoms with E-state index in [4.69, 9.17) is 30.5 Å². The van der Waals surface area contributed by atoms with Crippen LogP contribution in [0.3, 0.4) is 0 Å². The molecule has 0 N–H and O–H groups in total. The topological polar surface area (TPSA) is 88.4 Å². The van der Waals surface area contributed by atoms with Crippen LogP contribution in [0.25, 0.3) is 6.08 Å². The van der Waals surface area contributed by atoms with Gasteiger partial charge in [-0.3, -0.25) is 9.36 Å². The number of methoxy groups -OCH3 is 1. The minimum Gasteiger partial charge on any atom is -0.493 e. The maximum absolute atomic E-state index is 14.1. The number of aromatic nitrogens is 1. The lowest BCUT2D eigenvalue weighted by Gasteiger charge is -2.25. The summed E-state index contributed by atoms with van der Waals surface area (Å²) in [5.74, 6) is 1.27. The Morgan fingerprint density at radius 2 is 1.82 bits per heavy atom. The van der Waals surface area contributed by atoms with E-state index in [-0.39, 0.29) is 18.3 Å². The molecule has 3 aromatic carbocycles. The fourth-order valence-electron chi connectivity index (χ4n) is 4.93. The van der Waals surface area contributed by atoms with Crippen molar-refractivity contribution in [3.63, 3.8) is 0 Å².